The monoisotopic (exact) mass is 536 g/mol. The molecule has 0 aliphatic heterocycles. The highest BCUT2D eigenvalue weighted by Crippen LogP contribution is 2.25. The van der Waals surface area contributed by atoms with E-state index >= 15 is 0 Å². The number of nitrogens with one attached hydrogen (secondary N) is 2. The van der Waals surface area contributed by atoms with Crippen molar-refractivity contribution in [3.05, 3.63) is 92.5 Å². The van der Waals surface area contributed by atoms with Gasteiger partial charge in [0.15, 0.2) is 0 Å². The number of hydrogen-bond acceptors (Lipinski definition) is 4. The molecule has 0 aliphatic carbocycles. The van der Waals surface area contributed by atoms with E-state index in [1.54, 1.807) is 55.1 Å². The second-order valence-electron chi connectivity index (χ2n) is 8.01. The topological polar surface area (TPSA) is 75.3 Å². The van der Waals surface area contributed by atoms with E-state index in [0.717, 1.165) is 16.7 Å². The summed E-state index contributed by atoms with van der Waals surface area (Å²) in [5.41, 5.74) is 4.23. The van der Waals surface area contributed by atoms with Crippen molar-refractivity contribution >= 4 is 56.6 Å². The van der Waals surface area contributed by atoms with Gasteiger partial charge in [-0.15, -0.1) is 0 Å². The highest BCUT2D eigenvalue weighted by Gasteiger charge is 2.19. The summed E-state index contributed by atoms with van der Waals surface area (Å²) in [4.78, 5) is 12.7. The lowest BCUT2D eigenvalue weighted by Crippen LogP contribution is -2.26. The van der Waals surface area contributed by atoms with E-state index in [0.29, 0.717) is 39.3 Å². The van der Waals surface area contributed by atoms with Gasteiger partial charge in [0.1, 0.15) is 0 Å². The zero-order valence-electron chi connectivity index (χ0n) is 19.1. The van der Waals surface area contributed by atoms with Crippen LogP contribution in [0.1, 0.15) is 32.6 Å². The summed E-state index contributed by atoms with van der Waals surface area (Å²) < 4.78 is 28.7. The van der Waals surface area contributed by atoms with Gasteiger partial charge in [-0.3, -0.25) is 9.52 Å². The summed E-state index contributed by atoms with van der Waals surface area (Å²) in [7, 11) is -3.86. The number of aryl methyl sites for hydroxylation is 3. The van der Waals surface area contributed by atoms with Crippen molar-refractivity contribution in [3.63, 3.8) is 0 Å². The Hall–Kier alpha value is -2.19. The number of carbonyl (C=O) groups is 1. The van der Waals surface area contributed by atoms with Gasteiger partial charge in [-0.2, -0.15) is 11.8 Å². The Labute approximate surface area is 215 Å². The first-order chi connectivity index (χ1) is 16.0. The van der Waals surface area contributed by atoms with Crippen LogP contribution < -0.4 is 10.0 Å². The van der Waals surface area contributed by atoms with Gasteiger partial charge in [0.05, 0.1) is 4.90 Å². The standard InChI is InChI=1S/C25H26Cl2N2O3S2/c1-16-10-17(2)12-22(11-16)29-34(31,32)24-13-19(5-4-18(24)3)25(30)28-8-9-33-15-20-6-7-21(26)14-23(20)27/h4-7,10-14,29H,8-9,15H2,1-3H3,(H,28,30). The van der Waals surface area contributed by atoms with Gasteiger partial charge in [-0.25, -0.2) is 8.42 Å². The van der Waals surface area contributed by atoms with Crippen LogP contribution >= 0.6 is 35.0 Å². The zero-order valence-corrected chi connectivity index (χ0v) is 22.3. The first kappa shape index (κ1) is 26.4. The summed E-state index contributed by atoms with van der Waals surface area (Å²) in [6, 6.07) is 15.6. The van der Waals surface area contributed by atoms with Crippen molar-refractivity contribution in [2.75, 3.05) is 17.0 Å². The molecule has 3 aromatic carbocycles. The predicted molar refractivity (Wildman–Crippen MR) is 143 cm³/mol. The Morgan fingerprint density at radius 2 is 1.65 bits per heavy atom. The third-order valence-corrected chi connectivity index (χ3v) is 8.14. The maximum atomic E-state index is 13.0. The van der Waals surface area contributed by atoms with Gasteiger partial charge < -0.3 is 5.32 Å². The molecule has 0 fully saturated rings. The molecule has 0 spiro atoms. The molecule has 0 aliphatic rings. The molecule has 0 saturated heterocycles. The van der Waals surface area contributed by atoms with Crippen LogP contribution in [0, 0.1) is 20.8 Å². The summed E-state index contributed by atoms with van der Waals surface area (Å²) in [5.74, 6) is 1.05. The summed E-state index contributed by atoms with van der Waals surface area (Å²) in [6.07, 6.45) is 0. The second kappa shape index (κ2) is 11.5. The van der Waals surface area contributed by atoms with E-state index in [4.69, 9.17) is 23.2 Å². The Morgan fingerprint density at radius 1 is 0.941 bits per heavy atom. The lowest BCUT2D eigenvalue weighted by molar-refractivity contribution is 0.0956. The Kier molecular flexibility index (Phi) is 8.93. The molecule has 2 N–H and O–H groups in total. The fourth-order valence-corrected chi connectivity index (χ4v) is 6.16. The van der Waals surface area contributed by atoms with E-state index in [9.17, 15) is 13.2 Å². The number of carbonyl (C=O) groups excluding carboxylic acids is 1. The number of anilines is 1. The lowest BCUT2D eigenvalue weighted by Gasteiger charge is -2.13. The van der Waals surface area contributed by atoms with Crippen molar-refractivity contribution in [2.24, 2.45) is 0 Å². The number of sulfonamides is 1. The molecule has 3 aromatic rings. The molecule has 5 nitrogen and oxygen atoms in total. The van der Waals surface area contributed by atoms with Crippen LogP contribution in [0.15, 0.2) is 59.5 Å². The van der Waals surface area contributed by atoms with E-state index < -0.39 is 10.0 Å². The van der Waals surface area contributed by atoms with Crippen LogP contribution in [0.5, 0.6) is 0 Å². The van der Waals surface area contributed by atoms with E-state index in [1.807, 2.05) is 26.0 Å². The van der Waals surface area contributed by atoms with Crippen LogP contribution in [-0.2, 0) is 15.8 Å². The Bertz CT molecular complexity index is 1290. The SMILES string of the molecule is Cc1cc(C)cc(NS(=O)(=O)c2cc(C(=O)NCCSCc3ccc(Cl)cc3Cl)ccc2C)c1. The third kappa shape index (κ3) is 7.15. The highest BCUT2D eigenvalue weighted by molar-refractivity contribution is 7.98. The minimum absolute atomic E-state index is 0.0751. The maximum absolute atomic E-state index is 13.0. The Morgan fingerprint density at radius 3 is 2.32 bits per heavy atom. The van der Waals surface area contributed by atoms with E-state index in [-0.39, 0.29) is 16.4 Å². The highest BCUT2D eigenvalue weighted by atomic mass is 35.5. The van der Waals surface area contributed by atoms with Crippen molar-refractivity contribution < 1.29 is 13.2 Å². The molecule has 0 aromatic heterocycles. The molecule has 0 saturated carbocycles. The normalized spacial score (nSPS) is 11.3. The van der Waals surface area contributed by atoms with Crippen LogP contribution in [0.3, 0.4) is 0 Å². The van der Waals surface area contributed by atoms with Gasteiger partial charge in [0, 0.05) is 39.3 Å². The average Bonchev–Trinajstić information content (AvgIpc) is 2.73. The number of hydrogen-bond donors (Lipinski definition) is 2. The molecule has 0 bridgehead atoms. The molecule has 0 atom stereocenters. The molecule has 3 rings (SSSR count). The van der Waals surface area contributed by atoms with Crippen molar-refractivity contribution in [1.29, 1.82) is 0 Å². The largest absolute Gasteiger partial charge is 0.351 e. The number of benzene rings is 3. The molecule has 0 heterocycles. The van der Waals surface area contributed by atoms with Crippen molar-refractivity contribution in [3.8, 4) is 0 Å². The van der Waals surface area contributed by atoms with Crippen LogP contribution in [0.2, 0.25) is 10.0 Å². The summed E-state index contributed by atoms with van der Waals surface area (Å²) in [6.45, 7) is 5.95. The fraction of sp³-hybridized carbons (Fsp3) is 0.240. The Balaban J connectivity index is 1.61. The molecule has 1 amide bonds. The predicted octanol–water partition coefficient (Wildman–Crippen LogP) is 6.38. The quantitative estimate of drug-likeness (QED) is 0.311. The number of rotatable bonds is 9. The summed E-state index contributed by atoms with van der Waals surface area (Å²) >= 11 is 13.7. The molecule has 180 valence electrons. The van der Waals surface area contributed by atoms with Gasteiger partial charge in [0.2, 0.25) is 0 Å². The molecule has 0 unspecified atom stereocenters. The lowest BCUT2D eigenvalue weighted by atomic mass is 10.1. The van der Waals surface area contributed by atoms with Crippen LogP contribution in [0.4, 0.5) is 5.69 Å². The molecular formula is C25H26Cl2N2O3S2. The third-order valence-electron chi connectivity index (χ3n) is 5.02. The average molecular weight is 538 g/mol. The second-order valence-corrected chi connectivity index (χ2v) is 11.6. The van der Waals surface area contributed by atoms with E-state index in [1.165, 1.54) is 6.07 Å². The van der Waals surface area contributed by atoms with E-state index in [2.05, 4.69) is 10.0 Å². The minimum Gasteiger partial charge on any atom is -0.351 e. The van der Waals surface area contributed by atoms with Gasteiger partial charge in [-0.1, -0.05) is 41.4 Å². The zero-order chi connectivity index (χ0) is 24.9. The first-order valence-electron chi connectivity index (χ1n) is 10.6. The van der Waals surface area contributed by atoms with Gasteiger partial charge in [0.25, 0.3) is 15.9 Å². The minimum atomic E-state index is -3.86. The molecule has 34 heavy (non-hydrogen) atoms. The number of amides is 1. The van der Waals surface area contributed by atoms with Crippen molar-refractivity contribution in [2.45, 2.75) is 31.4 Å². The molecule has 0 radical (unpaired) electrons. The number of thioether (sulfide) groups is 1. The number of halogens is 2. The fourth-order valence-electron chi connectivity index (χ4n) is 3.43. The van der Waals surface area contributed by atoms with Gasteiger partial charge >= 0.3 is 0 Å². The van der Waals surface area contributed by atoms with Gasteiger partial charge in [-0.05, 0) is 79.4 Å². The molecular weight excluding hydrogens is 511 g/mol. The maximum Gasteiger partial charge on any atom is 0.262 e. The smallest absolute Gasteiger partial charge is 0.262 e. The van der Waals surface area contributed by atoms with Crippen LogP contribution in [0.25, 0.3) is 0 Å². The molecule has 9 heteroatoms. The van der Waals surface area contributed by atoms with Crippen molar-refractivity contribution in [1.82, 2.24) is 5.32 Å². The first-order valence-corrected chi connectivity index (χ1v) is 14.0. The summed E-state index contributed by atoms with van der Waals surface area (Å²) in [5, 5.41) is 4.05. The van der Waals surface area contributed by atoms with Crippen LogP contribution in [-0.4, -0.2) is 26.6 Å².